The Balaban J connectivity index is 1.19. The smallest absolute Gasteiger partial charge is 0.410 e. The first-order chi connectivity index (χ1) is 22.4. The maximum Gasteiger partial charge on any atom is 0.410 e. The van der Waals surface area contributed by atoms with Gasteiger partial charge in [-0.1, -0.05) is 60.7 Å². The van der Waals surface area contributed by atoms with Gasteiger partial charge in [0.05, 0.1) is 33.0 Å². The molecule has 9 heteroatoms. The van der Waals surface area contributed by atoms with Gasteiger partial charge in [0.2, 0.25) is 0 Å². The number of nitrogens with zero attached hydrogens (tertiary/aromatic N) is 2. The van der Waals surface area contributed by atoms with E-state index < -0.39 is 18.4 Å². The van der Waals surface area contributed by atoms with E-state index in [1.165, 1.54) is 27.2 Å². The summed E-state index contributed by atoms with van der Waals surface area (Å²) in [4.78, 5) is 16.7. The minimum Gasteiger partial charge on any atom is -0.496 e. The van der Waals surface area contributed by atoms with Crippen LogP contribution >= 0.6 is 0 Å². The van der Waals surface area contributed by atoms with E-state index in [-0.39, 0.29) is 44.9 Å². The maximum absolute atomic E-state index is 15.6. The van der Waals surface area contributed by atoms with E-state index in [0.717, 1.165) is 29.7 Å². The van der Waals surface area contributed by atoms with Crippen molar-refractivity contribution in [3.8, 4) is 5.75 Å². The average Bonchev–Trinajstić information content (AvgIpc) is 3.43. The van der Waals surface area contributed by atoms with Crippen LogP contribution in [0.1, 0.15) is 48.1 Å². The number of fused-ring (bicyclic) bond motifs is 2. The summed E-state index contributed by atoms with van der Waals surface area (Å²) in [5.41, 5.74) is 6.64. The minimum absolute atomic E-state index is 0.122. The van der Waals surface area contributed by atoms with Gasteiger partial charge in [0.25, 0.3) is 0 Å². The van der Waals surface area contributed by atoms with Crippen molar-refractivity contribution >= 4 is 17.4 Å². The molecule has 3 aromatic carbocycles. The van der Waals surface area contributed by atoms with Gasteiger partial charge in [0.15, 0.2) is 5.67 Å². The summed E-state index contributed by atoms with van der Waals surface area (Å²) in [6.07, 6.45) is 1.47. The van der Waals surface area contributed by atoms with Crippen LogP contribution in [0.2, 0.25) is 0 Å². The Kier molecular flexibility index (Phi) is 9.89. The second kappa shape index (κ2) is 14.2. The zero-order valence-electron chi connectivity index (χ0n) is 26.6. The fourth-order valence-corrected chi connectivity index (χ4v) is 6.92. The fraction of sp³-hybridized carbons (Fsp3) is 0.432. The molecule has 0 unspecified atom stereocenters. The Hall–Kier alpha value is -3.95. The van der Waals surface area contributed by atoms with Crippen LogP contribution in [-0.2, 0) is 22.5 Å². The van der Waals surface area contributed by atoms with Gasteiger partial charge in [-0.15, -0.1) is 0 Å². The molecule has 0 saturated carbocycles. The van der Waals surface area contributed by atoms with Gasteiger partial charge < -0.3 is 24.4 Å². The predicted octanol–water partition coefficient (Wildman–Crippen LogP) is 6.99. The van der Waals surface area contributed by atoms with Crippen molar-refractivity contribution in [1.29, 1.82) is 0 Å². The summed E-state index contributed by atoms with van der Waals surface area (Å²) in [5.74, 6) is 0.714. The van der Waals surface area contributed by atoms with E-state index in [1.54, 1.807) is 7.11 Å². The summed E-state index contributed by atoms with van der Waals surface area (Å²) >= 11 is 0. The number of nitrogens with one attached hydrogen (secondary N) is 1. The van der Waals surface area contributed by atoms with Gasteiger partial charge in [-0.3, -0.25) is 9.29 Å². The largest absolute Gasteiger partial charge is 0.496 e. The Morgan fingerprint density at radius 3 is 2.61 bits per heavy atom. The van der Waals surface area contributed by atoms with Crippen LogP contribution in [0, 0.1) is 0 Å². The number of hydrogen-bond acceptors (Lipinski definition) is 6. The molecule has 0 radical (unpaired) electrons. The minimum atomic E-state index is -1.36. The van der Waals surface area contributed by atoms with Gasteiger partial charge in [-0.25, -0.2) is 9.18 Å². The van der Waals surface area contributed by atoms with Crippen molar-refractivity contribution in [2.45, 2.75) is 50.5 Å². The molecule has 2 heterocycles. The molecule has 3 aliphatic rings. The van der Waals surface area contributed by atoms with Crippen molar-refractivity contribution in [3.05, 3.63) is 101 Å². The summed E-state index contributed by atoms with van der Waals surface area (Å²) in [6, 6.07) is 24.1. The van der Waals surface area contributed by atoms with Gasteiger partial charge in [0, 0.05) is 49.5 Å². The lowest BCUT2D eigenvalue weighted by atomic mass is 9.83. The van der Waals surface area contributed by atoms with E-state index in [1.807, 2.05) is 42.5 Å². The van der Waals surface area contributed by atoms with Crippen molar-refractivity contribution < 1.29 is 27.8 Å². The SMILES string of the molecule is COc1cc(NCCN(CCCF)C(=O)OCc2ccccc2)ccc1[C@@H]1C2=C(C[C@@H](C)N1CC1(F)COC1)c1ccccc1C2. The number of rotatable bonds is 13. The molecular formula is C37H43F2N3O4. The molecular weight excluding hydrogens is 588 g/mol. The molecule has 0 bridgehead atoms. The normalized spacial score (nSPS) is 20.0. The van der Waals surface area contributed by atoms with Gasteiger partial charge in [-0.2, -0.15) is 0 Å². The third kappa shape index (κ3) is 6.90. The average molecular weight is 632 g/mol. The molecule has 244 valence electrons. The van der Waals surface area contributed by atoms with E-state index >= 15 is 4.39 Å². The Morgan fingerprint density at radius 1 is 1.09 bits per heavy atom. The molecule has 2 aliphatic heterocycles. The molecule has 0 aromatic heterocycles. The van der Waals surface area contributed by atoms with Crippen LogP contribution in [-0.4, -0.2) is 80.8 Å². The van der Waals surface area contributed by atoms with E-state index in [9.17, 15) is 9.18 Å². The van der Waals surface area contributed by atoms with E-state index in [4.69, 9.17) is 14.2 Å². The topological polar surface area (TPSA) is 63.3 Å². The summed E-state index contributed by atoms with van der Waals surface area (Å²) in [6.45, 7) is 3.43. The second-order valence-electron chi connectivity index (χ2n) is 12.6. The van der Waals surface area contributed by atoms with E-state index in [0.29, 0.717) is 25.4 Å². The van der Waals surface area contributed by atoms with Gasteiger partial charge >= 0.3 is 6.09 Å². The maximum atomic E-state index is 15.6. The number of carbonyl (C=O) groups is 1. The first-order valence-electron chi connectivity index (χ1n) is 16.1. The summed E-state index contributed by atoms with van der Waals surface area (Å²) in [7, 11) is 1.66. The number of ether oxygens (including phenoxy) is 3. The van der Waals surface area contributed by atoms with Gasteiger partial charge in [-0.05, 0) is 60.1 Å². The van der Waals surface area contributed by atoms with Gasteiger partial charge in [0.1, 0.15) is 12.4 Å². The highest BCUT2D eigenvalue weighted by Crippen LogP contribution is 2.51. The van der Waals surface area contributed by atoms with Crippen LogP contribution in [0.15, 0.2) is 78.4 Å². The Morgan fingerprint density at radius 2 is 1.87 bits per heavy atom. The third-order valence-corrected chi connectivity index (χ3v) is 9.29. The highest BCUT2D eigenvalue weighted by Gasteiger charge is 2.47. The van der Waals surface area contributed by atoms with Crippen LogP contribution in [0.4, 0.5) is 19.3 Å². The number of amides is 1. The zero-order valence-corrected chi connectivity index (χ0v) is 26.6. The number of alkyl halides is 2. The summed E-state index contributed by atoms with van der Waals surface area (Å²) < 4.78 is 45.4. The molecule has 1 amide bonds. The Bertz CT molecular complexity index is 1540. The second-order valence-corrected chi connectivity index (χ2v) is 12.6. The fourth-order valence-electron chi connectivity index (χ4n) is 6.92. The quantitative estimate of drug-likeness (QED) is 0.220. The first-order valence-corrected chi connectivity index (χ1v) is 16.1. The van der Waals surface area contributed by atoms with Crippen LogP contribution < -0.4 is 10.1 Å². The molecule has 6 rings (SSSR count). The lowest BCUT2D eigenvalue weighted by molar-refractivity contribution is -0.147. The molecule has 3 aromatic rings. The molecule has 1 saturated heterocycles. The van der Waals surface area contributed by atoms with Crippen molar-refractivity contribution in [2.24, 2.45) is 0 Å². The van der Waals surface area contributed by atoms with Crippen molar-refractivity contribution in [2.75, 3.05) is 58.5 Å². The number of halogens is 2. The summed E-state index contributed by atoms with van der Waals surface area (Å²) in [5, 5.41) is 3.40. The monoisotopic (exact) mass is 631 g/mol. The third-order valence-electron chi connectivity index (χ3n) is 9.29. The number of methoxy groups -OCH3 is 1. The zero-order chi connectivity index (χ0) is 32.1. The molecule has 1 aliphatic carbocycles. The number of hydrogen-bond donors (Lipinski definition) is 1. The van der Waals surface area contributed by atoms with Crippen LogP contribution in [0.25, 0.3) is 5.57 Å². The Labute approximate surface area is 270 Å². The number of benzene rings is 3. The van der Waals surface area contributed by atoms with E-state index in [2.05, 4.69) is 47.5 Å². The number of carbonyl (C=O) groups excluding carboxylic acids is 1. The molecule has 1 N–H and O–H groups in total. The van der Waals surface area contributed by atoms with Crippen LogP contribution in [0.5, 0.6) is 5.75 Å². The van der Waals surface area contributed by atoms with Crippen molar-refractivity contribution in [1.82, 2.24) is 9.80 Å². The first kappa shape index (κ1) is 32.0. The molecule has 7 nitrogen and oxygen atoms in total. The number of anilines is 1. The lowest BCUT2D eigenvalue weighted by Gasteiger charge is -2.47. The lowest BCUT2D eigenvalue weighted by Crippen LogP contribution is -2.57. The highest BCUT2D eigenvalue weighted by atomic mass is 19.1. The molecule has 1 fully saturated rings. The van der Waals surface area contributed by atoms with Crippen molar-refractivity contribution in [3.63, 3.8) is 0 Å². The molecule has 2 atom stereocenters. The molecule has 46 heavy (non-hydrogen) atoms. The molecule has 0 spiro atoms. The predicted molar refractivity (Wildman–Crippen MR) is 176 cm³/mol. The van der Waals surface area contributed by atoms with Crippen LogP contribution in [0.3, 0.4) is 0 Å². The standard InChI is InChI=1S/C37H43F2N3O4/c1-26-19-32-30-12-7-6-11-28(30)20-33(32)35(42(26)23-37(39)24-45-25-37)31-14-13-29(21-34(31)44-2)40-16-18-41(17-8-15-38)36(43)46-22-27-9-4-3-5-10-27/h3-7,9-14,21,26,35,40H,8,15-20,22-25H2,1-2H3/t26-,35-/m1/s1. The highest BCUT2D eigenvalue weighted by molar-refractivity contribution is 5.79.